The monoisotopic (exact) mass is 443 g/mol. The van der Waals surface area contributed by atoms with Crippen LogP contribution in [0.3, 0.4) is 0 Å². The Labute approximate surface area is 186 Å². The second-order valence-electron chi connectivity index (χ2n) is 7.95. The number of nitrogens with zero attached hydrogens (tertiary/aromatic N) is 5. The average Bonchev–Trinajstić information content (AvgIpc) is 3.08. The number of piperidine rings is 1. The van der Waals surface area contributed by atoms with Crippen molar-refractivity contribution in [3.8, 4) is 5.88 Å². The van der Waals surface area contributed by atoms with Gasteiger partial charge in [0.05, 0.1) is 6.54 Å². The van der Waals surface area contributed by atoms with Crippen LogP contribution < -0.4 is 9.64 Å². The zero-order valence-corrected chi connectivity index (χ0v) is 18.5. The third-order valence-electron chi connectivity index (χ3n) is 5.52. The summed E-state index contributed by atoms with van der Waals surface area (Å²) in [5.41, 5.74) is 1.63. The van der Waals surface area contributed by atoms with Crippen molar-refractivity contribution >= 4 is 29.2 Å². The van der Waals surface area contributed by atoms with Crippen LogP contribution >= 0.6 is 11.6 Å². The highest BCUT2D eigenvalue weighted by Gasteiger charge is 2.33. The number of hydrogen-bond acceptors (Lipinski definition) is 5. The molecule has 0 aliphatic carbocycles. The van der Waals surface area contributed by atoms with Gasteiger partial charge in [-0.1, -0.05) is 11.6 Å². The minimum absolute atomic E-state index is 0.0605. The van der Waals surface area contributed by atoms with Crippen LogP contribution in [0.15, 0.2) is 30.3 Å². The number of anilines is 1. The first kappa shape index (κ1) is 21.4. The van der Waals surface area contributed by atoms with Gasteiger partial charge in [0.2, 0.25) is 11.8 Å². The number of likely N-dealkylation sites (tertiary alicyclic amines) is 1. The van der Waals surface area contributed by atoms with Gasteiger partial charge in [-0.2, -0.15) is 4.98 Å². The maximum absolute atomic E-state index is 12.9. The number of carbonyl (C=O) groups is 2. The average molecular weight is 444 g/mol. The third-order valence-corrected chi connectivity index (χ3v) is 5.77. The summed E-state index contributed by atoms with van der Waals surface area (Å²) < 4.78 is 6.03. The van der Waals surface area contributed by atoms with Gasteiger partial charge >= 0.3 is 6.03 Å². The van der Waals surface area contributed by atoms with E-state index >= 15 is 0 Å². The molecule has 0 radical (unpaired) electrons. The lowest BCUT2D eigenvalue weighted by atomic mass is 10.1. The number of aromatic nitrogens is 2. The highest BCUT2D eigenvalue weighted by Crippen LogP contribution is 2.23. The molecule has 2 fully saturated rings. The van der Waals surface area contributed by atoms with E-state index in [1.807, 2.05) is 32.0 Å². The van der Waals surface area contributed by atoms with Crippen molar-refractivity contribution < 1.29 is 14.3 Å². The molecule has 1 aromatic carbocycles. The zero-order valence-electron chi connectivity index (χ0n) is 17.8. The fourth-order valence-corrected chi connectivity index (χ4v) is 4.15. The Balaban J connectivity index is 1.34. The molecule has 9 heteroatoms. The number of amides is 3. The lowest BCUT2D eigenvalue weighted by Crippen LogP contribution is -2.48. The Morgan fingerprint density at radius 3 is 2.68 bits per heavy atom. The highest BCUT2D eigenvalue weighted by atomic mass is 35.5. The van der Waals surface area contributed by atoms with E-state index in [1.165, 1.54) is 0 Å². The van der Waals surface area contributed by atoms with Gasteiger partial charge in [0.15, 0.2) is 0 Å². The first-order valence-corrected chi connectivity index (χ1v) is 10.9. The predicted octanol–water partition coefficient (Wildman–Crippen LogP) is 3.06. The summed E-state index contributed by atoms with van der Waals surface area (Å²) in [4.78, 5) is 39.3. The van der Waals surface area contributed by atoms with Crippen molar-refractivity contribution in [2.24, 2.45) is 0 Å². The molecule has 2 aliphatic rings. The van der Waals surface area contributed by atoms with E-state index in [9.17, 15) is 9.59 Å². The molecule has 3 amide bonds. The van der Waals surface area contributed by atoms with E-state index in [2.05, 4.69) is 9.97 Å². The molecule has 1 unspecified atom stereocenters. The third kappa shape index (κ3) is 5.07. The number of aryl methyl sites for hydroxylation is 2. The van der Waals surface area contributed by atoms with Crippen LogP contribution in [0.2, 0.25) is 5.02 Å². The van der Waals surface area contributed by atoms with E-state index in [-0.39, 0.29) is 24.6 Å². The van der Waals surface area contributed by atoms with Gasteiger partial charge in [-0.3, -0.25) is 9.69 Å². The second-order valence-corrected chi connectivity index (χ2v) is 8.39. The quantitative estimate of drug-likeness (QED) is 0.709. The largest absolute Gasteiger partial charge is 0.472 e. The number of carbonyl (C=O) groups excluding carboxylic acids is 2. The molecule has 164 valence electrons. The van der Waals surface area contributed by atoms with E-state index < -0.39 is 0 Å². The van der Waals surface area contributed by atoms with E-state index in [0.717, 1.165) is 24.2 Å². The van der Waals surface area contributed by atoms with Gasteiger partial charge in [0.25, 0.3) is 0 Å². The van der Waals surface area contributed by atoms with E-state index in [0.29, 0.717) is 42.9 Å². The van der Waals surface area contributed by atoms with Gasteiger partial charge in [-0.05, 0) is 51.0 Å². The Kier molecular flexibility index (Phi) is 6.27. The summed E-state index contributed by atoms with van der Waals surface area (Å²) in [5.74, 6) is 1.14. The number of rotatable bonds is 5. The first-order chi connectivity index (χ1) is 14.9. The smallest absolute Gasteiger partial charge is 0.325 e. The number of urea groups is 1. The maximum atomic E-state index is 12.9. The summed E-state index contributed by atoms with van der Waals surface area (Å²) >= 11 is 5.94. The number of ether oxygens (including phenoxy) is 1. The van der Waals surface area contributed by atoms with Crippen LogP contribution in [-0.4, -0.2) is 70.5 Å². The van der Waals surface area contributed by atoms with Crippen molar-refractivity contribution in [2.45, 2.75) is 32.8 Å². The Morgan fingerprint density at radius 1 is 1.16 bits per heavy atom. The Hall–Kier alpha value is -2.87. The van der Waals surface area contributed by atoms with Crippen molar-refractivity contribution in [1.29, 1.82) is 0 Å². The molecule has 0 spiro atoms. The Bertz CT molecular complexity index is 948. The molecule has 0 bridgehead atoms. The molecule has 1 aromatic heterocycles. The fourth-order valence-electron chi connectivity index (χ4n) is 4.03. The molecular weight excluding hydrogens is 418 g/mol. The minimum Gasteiger partial charge on any atom is -0.472 e. The summed E-state index contributed by atoms with van der Waals surface area (Å²) in [6.07, 6.45) is 1.59. The highest BCUT2D eigenvalue weighted by molar-refractivity contribution is 6.30. The molecular formula is C22H26ClN5O3. The summed E-state index contributed by atoms with van der Waals surface area (Å²) in [6.45, 7) is 6.02. The van der Waals surface area contributed by atoms with Gasteiger partial charge in [-0.15, -0.1) is 0 Å². The van der Waals surface area contributed by atoms with Crippen LogP contribution in [0.5, 0.6) is 5.88 Å². The van der Waals surface area contributed by atoms with Crippen LogP contribution in [0.4, 0.5) is 10.5 Å². The van der Waals surface area contributed by atoms with Gasteiger partial charge < -0.3 is 14.5 Å². The SMILES string of the molecule is Cc1cc(OC2CCCN(C(=O)CN3CCN(c4ccc(Cl)cc4)C3=O)C2)nc(C)n1. The van der Waals surface area contributed by atoms with Crippen molar-refractivity contribution in [3.63, 3.8) is 0 Å². The molecule has 2 aromatic rings. The van der Waals surface area contributed by atoms with Crippen molar-refractivity contribution in [3.05, 3.63) is 46.9 Å². The lowest BCUT2D eigenvalue weighted by Gasteiger charge is -2.33. The van der Waals surface area contributed by atoms with Crippen LogP contribution in [-0.2, 0) is 4.79 Å². The van der Waals surface area contributed by atoms with Crippen molar-refractivity contribution in [1.82, 2.24) is 19.8 Å². The molecule has 0 N–H and O–H groups in total. The maximum Gasteiger partial charge on any atom is 0.325 e. The second kappa shape index (κ2) is 9.09. The number of halogens is 1. The molecule has 1 atom stereocenters. The standard InChI is InChI=1S/C22H26ClN5O3/c1-15-12-20(25-16(2)24-15)31-19-4-3-9-26(13-19)21(29)14-27-10-11-28(22(27)30)18-7-5-17(23)6-8-18/h5-8,12,19H,3-4,9-11,13-14H2,1-2H3. The van der Waals surface area contributed by atoms with Crippen LogP contribution in [0.25, 0.3) is 0 Å². The summed E-state index contributed by atoms with van der Waals surface area (Å²) in [6, 6.07) is 8.79. The van der Waals surface area contributed by atoms with E-state index in [4.69, 9.17) is 16.3 Å². The summed E-state index contributed by atoms with van der Waals surface area (Å²) in [7, 11) is 0. The van der Waals surface area contributed by atoms with Gasteiger partial charge in [0.1, 0.15) is 18.5 Å². The van der Waals surface area contributed by atoms with Gasteiger partial charge in [0, 0.05) is 42.1 Å². The molecule has 3 heterocycles. The molecule has 8 nitrogen and oxygen atoms in total. The van der Waals surface area contributed by atoms with Crippen LogP contribution in [0.1, 0.15) is 24.4 Å². The number of benzene rings is 1. The number of hydrogen-bond donors (Lipinski definition) is 0. The zero-order chi connectivity index (χ0) is 22.0. The molecule has 2 saturated heterocycles. The normalized spacial score (nSPS) is 19.1. The topological polar surface area (TPSA) is 78.9 Å². The first-order valence-electron chi connectivity index (χ1n) is 10.5. The van der Waals surface area contributed by atoms with Crippen molar-refractivity contribution in [2.75, 3.05) is 37.6 Å². The molecule has 2 aliphatic heterocycles. The molecule has 4 rings (SSSR count). The fraction of sp³-hybridized carbons (Fsp3) is 0.455. The molecule has 0 saturated carbocycles. The Morgan fingerprint density at radius 2 is 1.94 bits per heavy atom. The van der Waals surface area contributed by atoms with Crippen LogP contribution in [0, 0.1) is 13.8 Å². The minimum atomic E-state index is -0.160. The van der Waals surface area contributed by atoms with E-state index in [1.54, 1.807) is 26.8 Å². The summed E-state index contributed by atoms with van der Waals surface area (Å²) in [5, 5.41) is 0.622. The predicted molar refractivity (Wildman–Crippen MR) is 118 cm³/mol. The lowest BCUT2D eigenvalue weighted by molar-refractivity contribution is -0.134. The van der Waals surface area contributed by atoms with Gasteiger partial charge in [-0.25, -0.2) is 9.78 Å². The molecule has 31 heavy (non-hydrogen) atoms.